The van der Waals surface area contributed by atoms with E-state index in [1.54, 1.807) is 60.5 Å². The van der Waals surface area contributed by atoms with Crippen LogP contribution >= 0.6 is 0 Å². The van der Waals surface area contributed by atoms with Crippen LogP contribution in [-0.2, 0) is 22.7 Å². The molecule has 0 aliphatic carbocycles. The number of fused-ring (bicyclic) bond motifs is 1. The van der Waals surface area contributed by atoms with Gasteiger partial charge in [0, 0.05) is 0 Å². The summed E-state index contributed by atoms with van der Waals surface area (Å²) in [5, 5.41) is 4.04. The number of nitrogens with zero attached hydrogens (tertiary/aromatic N) is 3. The lowest BCUT2D eigenvalue weighted by Crippen LogP contribution is -2.22. The van der Waals surface area contributed by atoms with E-state index in [0.717, 1.165) is 22.2 Å². The first kappa shape index (κ1) is 23.5. The van der Waals surface area contributed by atoms with E-state index in [9.17, 15) is 9.59 Å². The number of hydrogen-bond acceptors (Lipinski definition) is 7. The van der Waals surface area contributed by atoms with E-state index in [0.29, 0.717) is 23.7 Å². The van der Waals surface area contributed by atoms with Gasteiger partial charge in [-0.2, -0.15) is 5.10 Å². The molecule has 9 heteroatoms. The molecule has 0 saturated heterocycles. The summed E-state index contributed by atoms with van der Waals surface area (Å²) in [5.74, 6) is 0.423. The topological polar surface area (TPSA) is 104 Å². The molecule has 1 amide bonds. The number of amides is 1. The molecule has 9 nitrogen and oxygen atoms in total. The third-order valence-electron chi connectivity index (χ3n) is 5.20. The SMILES string of the molecule is COC(=O)c1ccc(COc2ccc(/C=N/NC(=O)Cn3cnc4ccccc43)cc2OC)cc1. The molecule has 0 aliphatic heterocycles. The zero-order valence-corrected chi connectivity index (χ0v) is 19.3. The molecule has 1 heterocycles. The van der Waals surface area contributed by atoms with Crippen LogP contribution in [-0.4, -0.2) is 41.9 Å². The maximum absolute atomic E-state index is 12.3. The summed E-state index contributed by atoms with van der Waals surface area (Å²) in [4.78, 5) is 28.1. The van der Waals surface area contributed by atoms with E-state index in [1.165, 1.54) is 13.3 Å². The van der Waals surface area contributed by atoms with Gasteiger partial charge in [-0.05, 0) is 53.6 Å². The first-order chi connectivity index (χ1) is 17.1. The Kier molecular flexibility index (Phi) is 7.37. The number of aromatic nitrogens is 2. The molecule has 35 heavy (non-hydrogen) atoms. The van der Waals surface area contributed by atoms with E-state index in [2.05, 4.69) is 15.5 Å². The van der Waals surface area contributed by atoms with Crippen molar-refractivity contribution in [2.45, 2.75) is 13.2 Å². The van der Waals surface area contributed by atoms with Crippen molar-refractivity contribution in [3.63, 3.8) is 0 Å². The van der Waals surface area contributed by atoms with Gasteiger partial charge >= 0.3 is 5.97 Å². The lowest BCUT2D eigenvalue weighted by molar-refractivity contribution is -0.121. The lowest BCUT2D eigenvalue weighted by Gasteiger charge is -2.11. The number of methoxy groups -OCH3 is 2. The minimum absolute atomic E-state index is 0.106. The molecule has 0 atom stereocenters. The average Bonchev–Trinajstić information content (AvgIpc) is 3.30. The van der Waals surface area contributed by atoms with Crippen LogP contribution in [0.3, 0.4) is 0 Å². The van der Waals surface area contributed by atoms with Gasteiger partial charge in [-0.3, -0.25) is 4.79 Å². The van der Waals surface area contributed by atoms with Crippen molar-refractivity contribution < 1.29 is 23.8 Å². The number of rotatable bonds is 9. The number of benzene rings is 3. The molecule has 0 unspecified atom stereocenters. The number of esters is 1. The van der Waals surface area contributed by atoms with E-state index in [4.69, 9.17) is 14.2 Å². The molecule has 178 valence electrons. The molecule has 0 bridgehead atoms. The molecule has 0 spiro atoms. The van der Waals surface area contributed by atoms with Gasteiger partial charge in [0.25, 0.3) is 5.91 Å². The monoisotopic (exact) mass is 472 g/mol. The predicted octanol–water partition coefficient (Wildman–Crippen LogP) is 3.56. The Morgan fingerprint density at radius 1 is 1.03 bits per heavy atom. The third-order valence-corrected chi connectivity index (χ3v) is 5.20. The molecule has 0 saturated carbocycles. The van der Waals surface area contributed by atoms with Crippen molar-refractivity contribution in [1.29, 1.82) is 0 Å². The van der Waals surface area contributed by atoms with Gasteiger partial charge in [-0.25, -0.2) is 15.2 Å². The molecule has 0 radical (unpaired) electrons. The number of para-hydroxylation sites is 2. The second-order valence-corrected chi connectivity index (χ2v) is 7.54. The predicted molar refractivity (Wildman–Crippen MR) is 131 cm³/mol. The molecule has 0 aliphatic rings. The Hall–Kier alpha value is -4.66. The van der Waals surface area contributed by atoms with Crippen LogP contribution < -0.4 is 14.9 Å². The van der Waals surface area contributed by atoms with E-state index in [1.807, 2.05) is 24.3 Å². The quantitative estimate of drug-likeness (QED) is 0.227. The molecule has 4 aromatic rings. The van der Waals surface area contributed by atoms with Crippen molar-refractivity contribution in [1.82, 2.24) is 15.0 Å². The van der Waals surface area contributed by atoms with Crippen molar-refractivity contribution in [2.75, 3.05) is 14.2 Å². The Morgan fingerprint density at radius 2 is 1.83 bits per heavy atom. The molecule has 3 aromatic carbocycles. The maximum Gasteiger partial charge on any atom is 0.337 e. The fourth-order valence-corrected chi connectivity index (χ4v) is 3.40. The smallest absolute Gasteiger partial charge is 0.337 e. The fraction of sp³-hybridized carbons (Fsp3) is 0.154. The zero-order chi connectivity index (χ0) is 24.6. The van der Waals surface area contributed by atoms with Gasteiger partial charge in [0.15, 0.2) is 11.5 Å². The van der Waals surface area contributed by atoms with Crippen LogP contribution in [0, 0.1) is 0 Å². The van der Waals surface area contributed by atoms with Gasteiger partial charge < -0.3 is 18.8 Å². The number of carbonyl (C=O) groups excluding carboxylic acids is 2. The number of nitrogens with one attached hydrogen (secondary N) is 1. The number of hydrogen-bond donors (Lipinski definition) is 1. The third kappa shape index (κ3) is 5.83. The molecule has 1 aromatic heterocycles. The lowest BCUT2D eigenvalue weighted by atomic mass is 10.1. The van der Waals surface area contributed by atoms with Crippen molar-refractivity contribution in [2.24, 2.45) is 5.10 Å². The number of ether oxygens (including phenoxy) is 3. The van der Waals surface area contributed by atoms with Crippen LogP contribution in [0.1, 0.15) is 21.5 Å². The second-order valence-electron chi connectivity index (χ2n) is 7.54. The molecular formula is C26H24N4O5. The molecule has 1 N–H and O–H groups in total. The highest BCUT2D eigenvalue weighted by molar-refractivity contribution is 5.89. The van der Waals surface area contributed by atoms with Crippen LogP contribution in [0.5, 0.6) is 11.5 Å². The first-order valence-corrected chi connectivity index (χ1v) is 10.8. The summed E-state index contributed by atoms with van der Waals surface area (Å²) >= 11 is 0. The first-order valence-electron chi connectivity index (χ1n) is 10.8. The summed E-state index contributed by atoms with van der Waals surface area (Å²) in [6.45, 7) is 0.402. The standard InChI is InChI=1S/C26H24N4O5/c1-33-24-13-19(9-12-23(24)35-16-18-7-10-20(11-8-18)26(32)34-2)14-28-29-25(31)15-30-17-27-21-5-3-4-6-22(21)30/h3-14,17H,15-16H2,1-2H3,(H,29,31)/b28-14+. The normalized spacial score (nSPS) is 10.9. The van der Waals surface area contributed by atoms with E-state index >= 15 is 0 Å². The molecule has 0 fully saturated rings. The van der Waals surface area contributed by atoms with Gasteiger partial charge in [0.05, 0.1) is 43.4 Å². The summed E-state index contributed by atoms with van der Waals surface area (Å²) in [6.07, 6.45) is 3.16. The number of hydrazone groups is 1. The van der Waals surface area contributed by atoms with E-state index < -0.39 is 0 Å². The fourth-order valence-electron chi connectivity index (χ4n) is 3.40. The van der Waals surface area contributed by atoms with E-state index in [-0.39, 0.29) is 18.4 Å². The highest BCUT2D eigenvalue weighted by Crippen LogP contribution is 2.28. The van der Waals surface area contributed by atoms with Gasteiger partial charge in [-0.1, -0.05) is 24.3 Å². The molecule has 4 rings (SSSR count). The summed E-state index contributed by atoms with van der Waals surface area (Å²) in [6, 6.07) is 19.9. The Balaban J connectivity index is 1.33. The number of carbonyl (C=O) groups is 2. The van der Waals surface area contributed by atoms with Crippen LogP contribution in [0.2, 0.25) is 0 Å². The Morgan fingerprint density at radius 3 is 2.60 bits per heavy atom. The Bertz CT molecular complexity index is 1360. The molecular weight excluding hydrogens is 448 g/mol. The number of imidazole rings is 1. The Labute approximate surface area is 201 Å². The van der Waals surface area contributed by atoms with Gasteiger partial charge in [0.2, 0.25) is 0 Å². The average molecular weight is 473 g/mol. The van der Waals surface area contributed by atoms with Gasteiger partial charge in [0.1, 0.15) is 13.2 Å². The van der Waals surface area contributed by atoms with Gasteiger partial charge in [-0.15, -0.1) is 0 Å². The highest BCUT2D eigenvalue weighted by Gasteiger charge is 2.09. The van der Waals surface area contributed by atoms with Crippen LogP contribution in [0.4, 0.5) is 0 Å². The zero-order valence-electron chi connectivity index (χ0n) is 19.3. The maximum atomic E-state index is 12.3. The summed E-state index contributed by atoms with van der Waals surface area (Å²) in [7, 11) is 2.89. The summed E-state index contributed by atoms with van der Waals surface area (Å²) in [5.41, 5.74) is 6.33. The van der Waals surface area contributed by atoms with Crippen molar-refractivity contribution in [3.05, 3.63) is 89.7 Å². The van der Waals surface area contributed by atoms with Crippen LogP contribution in [0.25, 0.3) is 11.0 Å². The van der Waals surface area contributed by atoms with Crippen LogP contribution in [0.15, 0.2) is 78.2 Å². The van der Waals surface area contributed by atoms with Crippen molar-refractivity contribution in [3.8, 4) is 11.5 Å². The van der Waals surface area contributed by atoms with Crippen molar-refractivity contribution >= 4 is 29.1 Å². The summed E-state index contributed by atoms with van der Waals surface area (Å²) < 4.78 is 17.8. The minimum Gasteiger partial charge on any atom is -0.493 e. The minimum atomic E-state index is -0.386. The largest absolute Gasteiger partial charge is 0.493 e. The highest BCUT2D eigenvalue weighted by atomic mass is 16.5. The second kappa shape index (κ2) is 11.0.